The normalized spacial score (nSPS) is 24.2. The summed E-state index contributed by atoms with van der Waals surface area (Å²) in [6.45, 7) is 13.5. The molecular formula is C28H48N6O5S. The largest absolute Gasteiger partial charge is 0.390 e. The van der Waals surface area contributed by atoms with Gasteiger partial charge in [0.2, 0.25) is 21.8 Å². The number of likely N-dealkylation sites (tertiary alicyclic amines) is 1. The quantitative estimate of drug-likeness (QED) is 0.454. The number of aliphatic hydroxyl groups is 1. The summed E-state index contributed by atoms with van der Waals surface area (Å²) in [6, 6.07) is -0.721. The minimum Gasteiger partial charge on any atom is -0.390 e. The molecule has 1 spiro atoms. The molecule has 12 heteroatoms. The molecule has 0 aliphatic carbocycles. The van der Waals surface area contributed by atoms with E-state index >= 15 is 0 Å². The molecule has 3 aliphatic rings. The van der Waals surface area contributed by atoms with Crippen molar-refractivity contribution in [1.29, 1.82) is 0 Å². The summed E-state index contributed by atoms with van der Waals surface area (Å²) in [7, 11) is -3.17. The lowest BCUT2D eigenvalue weighted by atomic mass is 9.80. The number of aromatic nitrogens is 2. The predicted octanol–water partition coefficient (Wildman–Crippen LogP) is 1.58. The van der Waals surface area contributed by atoms with Crippen molar-refractivity contribution in [3.63, 3.8) is 0 Å². The van der Waals surface area contributed by atoms with Crippen molar-refractivity contribution >= 4 is 21.8 Å². The van der Waals surface area contributed by atoms with Gasteiger partial charge in [0.15, 0.2) is 0 Å². The van der Waals surface area contributed by atoms with E-state index in [-0.39, 0.29) is 23.8 Å². The van der Waals surface area contributed by atoms with Crippen molar-refractivity contribution in [1.82, 2.24) is 29.2 Å². The number of hydrogen-bond acceptors (Lipinski definition) is 7. The molecular weight excluding hydrogens is 532 g/mol. The summed E-state index contributed by atoms with van der Waals surface area (Å²) in [6.07, 6.45) is 4.66. The number of carbonyl (C=O) groups excluding carboxylic acids is 2. The minimum atomic E-state index is -3.17. The Morgan fingerprint density at radius 1 is 1.10 bits per heavy atom. The molecule has 4 heterocycles. The molecule has 226 valence electrons. The molecule has 2 amide bonds. The first-order valence-corrected chi connectivity index (χ1v) is 16.7. The third kappa shape index (κ3) is 5.96. The molecule has 2 unspecified atom stereocenters. The van der Waals surface area contributed by atoms with Gasteiger partial charge in [-0.1, -0.05) is 27.2 Å². The Morgan fingerprint density at radius 3 is 2.27 bits per heavy atom. The maximum atomic E-state index is 13.6. The molecule has 0 saturated carbocycles. The molecule has 1 aromatic heterocycles. The number of piperazine rings is 1. The number of rotatable bonds is 9. The van der Waals surface area contributed by atoms with Gasteiger partial charge < -0.3 is 15.3 Å². The van der Waals surface area contributed by atoms with E-state index in [0.717, 1.165) is 43.6 Å². The third-order valence-corrected chi connectivity index (χ3v) is 10.6. The zero-order chi connectivity index (χ0) is 29.4. The van der Waals surface area contributed by atoms with Crippen LogP contribution in [0, 0.1) is 19.8 Å². The molecule has 11 nitrogen and oxygen atoms in total. The second-order valence-electron chi connectivity index (χ2n) is 12.3. The first-order chi connectivity index (χ1) is 18.8. The van der Waals surface area contributed by atoms with Gasteiger partial charge in [-0.25, -0.2) is 12.7 Å². The van der Waals surface area contributed by atoms with Crippen LogP contribution in [0.2, 0.25) is 0 Å². The number of hydrogen-bond donors (Lipinski definition) is 2. The molecule has 40 heavy (non-hydrogen) atoms. The standard InChI is InChI=1S/C28H48N6O5S/c1-7-8-13-33-26(36)24(25(35)19(2)3)29-27(37)28(33)11-16-31(17-12-28)18-23-20(4)30-34(21(23)5)22-9-14-32(15-10-22)40(6,38)39/h19,22,24-25,35H,7-18H2,1-6H3,(H,29,37). The molecule has 1 aromatic rings. The van der Waals surface area contributed by atoms with E-state index in [9.17, 15) is 23.1 Å². The smallest absolute Gasteiger partial charge is 0.248 e. The number of carbonyl (C=O) groups is 2. The highest BCUT2D eigenvalue weighted by Gasteiger charge is 2.54. The lowest BCUT2D eigenvalue weighted by molar-refractivity contribution is -0.165. The van der Waals surface area contributed by atoms with Gasteiger partial charge in [-0.15, -0.1) is 0 Å². The molecule has 3 saturated heterocycles. The van der Waals surface area contributed by atoms with E-state index in [4.69, 9.17) is 5.10 Å². The number of aliphatic hydroxyl groups excluding tert-OH is 1. The molecule has 0 bridgehead atoms. The molecule has 0 radical (unpaired) electrons. The van der Waals surface area contributed by atoms with E-state index in [0.29, 0.717) is 45.6 Å². The summed E-state index contributed by atoms with van der Waals surface area (Å²) in [5, 5.41) is 18.4. The Bertz CT molecular complexity index is 1180. The van der Waals surface area contributed by atoms with Crippen molar-refractivity contribution < 1.29 is 23.1 Å². The van der Waals surface area contributed by atoms with Crippen LogP contribution < -0.4 is 5.32 Å². The lowest BCUT2D eigenvalue weighted by Crippen LogP contribution is -2.74. The topological polar surface area (TPSA) is 128 Å². The Morgan fingerprint density at radius 2 is 1.73 bits per heavy atom. The van der Waals surface area contributed by atoms with E-state index in [2.05, 4.69) is 28.7 Å². The van der Waals surface area contributed by atoms with Gasteiger partial charge in [0.25, 0.3) is 0 Å². The Hall–Kier alpha value is -2.02. The van der Waals surface area contributed by atoms with Crippen LogP contribution in [-0.4, -0.2) is 106 Å². The predicted molar refractivity (Wildman–Crippen MR) is 153 cm³/mol. The highest BCUT2D eigenvalue weighted by molar-refractivity contribution is 7.88. The van der Waals surface area contributed by atoms with E-state index in [1.807, 2.05) is 20.8 Å². The number of nitrogens with zero attached hydrogens (tertiary/aromatic N) is 5. The van der Waals surface area contributed by atoms with Crippen LogP contribution in [-0.2, 0) is 26.2 Å². The number of sulfonamides is 1. The average Bonchev–Trinajstić information content (AvgIpc) is 3.19. The summed E-state index contributed by atoms with van der Waals surface area (Å²) in [5.74, 6) is -0.455. The fourth-order valence-corrected chi connectivity index (χ4v) is 7.47. The van der Waals surface area contributed by atoms with Crippen LogP contribution in [0.5, 0.6) is 0 Å². The fourth-order valence-electron chi connectivity index (χ4n) is 6.60. The summed E-state index contributed by atoms with van der Waals surface area (Å²) in [5.41, 5.74) is 2.38. The van der Waals surface area contributed by atoms with Crippen LogP contribution in [0.4, 0.5) is 0 Å². The van der Waals surface area contributed by atoms with Crippen LogP contribution in [0.3, 0.4) is 0 Å². The van der Waals surface area contributed by atoms with E-state index < -0.39 is 27.7 Å². The number of nitrogens with one attached hydrogen (secondary N) is 1. The SMILES string of the molecule is CCCCN1C(=O)C(C(O)C(C)C)NC(=O)C12CCN(Cc1c(C)nn(C3CCN(S(C)(=O)=O)CC3)c1C)CC2. The Kier molecular flexibility index (Phi) is 9.33. The Labute approximate surface area is 239 Å². The minimum absolute atomic E-state index is 0.141. The monoisotopic (exact) mass is 580 g/mol. The fraction of sp³-hybridized carbons (Fsp3) is 0.821. The van der Waals surface area contributed by atoms with Gasteiger partial charge in [0.1, 0.15) is 11.6 Å². The van der Waals surface area contributed by atoms with Gasteiger partial charge in [0, 0.05) is 50.5 Å². The summed E-state index contributed by atoms with van der Waals surface area (Å²) >= 11 is 0. The first kappa shape index (κ1) is 30.9. The number of amides is 2. The van der Waals surface area contributed by atoms with Gasteiger partial charge in [-0.3, -0.25) is 19.2 Å². The van der Waals surface area contributed by atoms with Crippen LogP contribution in [0.25, 0.3) is 0 Å². The van der Waals surface area contributed by atoms with Crippen molar-refractivity contribution in [2.24, 2.45) is 5.92 Å². The number of piperidine rings is 2. The van der Waals surface area contributed by atoms with Crippen molar-refractivity contribution in [3.05, 3.63) is 17.0 Å². The molecule has 2 N–H and O–H groups in total. The lowest BCUT2D eigenvalue weighted by Gasteiger charge is -2.52. The van der Waals surface area contributed by atoms with Gasteiger partial charge in [-0.05, 0) is 51.9 Å². The van der Waals surface area contributed by atoms with Crippen LogP contribution in [0.1, 0.15) is 82.3 Å². The summed E-state index contributed by atoms with van der Waals surface area (Å²) in [4.78, 5) is 31.3. The summed E-state index contributed by atoms with van der Waals surface area (Å²) < 4.78 is 27.4. The molecule has 2 atom stereocenters. The molecule has 3 aliphatic heterocycles. The van der Waals surface area contributed by atoms with E-state index in [1.165, 1.54) is 11.8 Å². The van der Waals surface area contributed by atoms with E-state index in [1.54, 1.807) is 9.21 Å². The van der Waals surface area contributed by atoms with Gasteiger partial charge in [0.05, 0.1) is 24.1 Å². The van der Waals surface area contributed by atoms with Crippen molar-refractivity contribution in [2.45, 2.75) is 103 Å². The molecule has 3 fully saturated rings. The second kappa shape index (κ2) is 12.1. The average molecular weight is 581 g/mol. The third-order valence-electron chi connectivity index (χ3n) is 9.30. The number of unbranched alkanes of at least 4 members (excludes halogenated alkanes) is 1. The van der Waals surface area contributed by atoms with Crippen molar-refractivity contribution in [3.8, 4) is 0 Å². The van der Waals surface area contributed by atoms with Crippen LogP contribution in [0.15, 0.2) is 0 Å². The van der Waals surface area contributed by atoms with Gasteiger partial charge >= 0.3 is 0 Å². The molecule has 4 rings (SSSR count). The van der Waals surface area contributed by atoms with Crippen molar-refractivity contribution in [2.75, 3.05) is 39.0 Å². The highest BCUT2D eigenvalue weighted by atomic mass is 32.2. The number of aryl methyl sites for hydroxylation is 1. The highest BCUT2D eigenvalue weighted by Crippen LogP contribution is 2.35. The zero-order valence-electron chi connectivity index (χ0n) is 25.0. The maximum Gasteiger partial charge on any atom is 0.248 e. The first-order valence-electron chi connectivity index (χ1n) is 14.8. The molecule has 0 aromatic carbocycles. The second-order valence-corrected chi connectivity index (χ2v) is 14.3. The Balaban J connectivity index is 1.45. The van der Waals surface area contributed by atoms with Crippen LogP contribution >= 0.6 is 0 Å². The maximum absolute atomic E-state index is 13.6. The van der Waals surface area contributed by atoms with Gasteiger partial charge in [-0.2, -0.15) is 5.10 Å². The zero-order valence-corrected chi connectivity index (χ0v) is 25.8.